The Labute approximate surface area is 135 Å². The number of allylic oxidation sites excluding steroid dienone is 1. The Bertz CT molecular complexity index is 663. The molecule has 3 nitrogen and oxygen atoms in total. The third kappa shape index (κ3) is 4.21. The largest absolute Gasteiger partial charge is 0.269 e. The summed E-state index contributed by atoms with van der Waals surface area (Å²) < 4.78 is 0. The number of non-ortho nitro benzene ring substituents is 1. The molecule has 2 aromatic carbocycles. The molecule has 0 atom stereocenters. The van der Waals surface area contributed by atoms with Gasteiger partial charge in [0.1, 0.15) is 0 Å². The molecule has 0 heterocycles. The van der Waals surface area contributed by atoms with E-state index in [0.717, 1.165) is 16.2 Å². The summed E-state index contributed by atoms with van der Waals surface area (Å²) in [6, 6.07) is 16.9. The van der Waals surface area contributed by atoms with E-state index in [-0.39, 0.29) is 16.0 Å². The van der Waals surface area contributed by atoms with Crippen LogP contribution in [-0.4, -0.2) is 4.92 Å². The van der Waals surface area contributed by atoms with E-state index in [4.69, 9.17) is 0 Å². The van der Waals surface area contributed by atoms with Gasteiger partial charge in [0.2, 0.25) is 0 Å². The molecule has 22 heavy (non-hydrogen) atoms. The van der Waals surface area contributed by atoms with Crippen LogP contribution in [0.4, 0.5) is 5.69 Å². The Balaban J connectivity index is 2.05. The molecule has 0 fully saturated rings. The molecule has 0 saturated carbocycles. The van der Waals surface area contributed by atoms with Crippen molar-refractivity contribution >= 4 is 17.4 Å². The summed E-state index contributed by atoms with van der Waals surface area (Å²) in [5, 5.41) is 10.7. The lowest BCUT2D eigenvalue weighted by molar-refractivity contribution is -0.384. The first-order chi connectivity index (χ1) is 10.4. The van der Waals surface area contributed by atoms with E-state index < -0.39 is 0 Å². The van der Waals surface area contributed by atoms with Crippen molar-refractivity contribution < 1.29 is 4.92 Å². The molecule has 0 N–H and O–H groups in total. The standard InChI is InChI=1S/C18H19NO2S/c1-14(18(2,3)13-15-7-5-4-6-8-15)22-17-11-9-16(10-12-17)19(20)21/h4-12H,1,13H2,2-3H3. The van der Waals surface area contributed by atoms with E-state index in [9.17, 15) is 10.1 Å². The zero-order valence-corrected chi connectivity index (χ0v) is 13.6. The minimum Gasteiger partial charge on any atom is -0.258 e. The number of benzene rings is 2. The van der Waals surface area contributed by atoms with Crippen LogP contribution in [0.2, 0.25) is 0 Å². The molecular weight excluding hydrogens is 294 g/mol. The number of hydrogen-bond acceptors (Lipinski definition) is 3. The summed E-state index contributed by atoms with van der Waals surface area (Å²) in [6.45, 7) is 8.54. The molecule has 0 bridgehead atoms. The van der Waals surface area contributed by atoms with E-state index in [1.165, 1.54) is 17.7 Å². The van der Waals surface area contributed by atoms with Gasteiger partial charge in [0.15, 0.2) is 0 Å². The highest BCUT2D eigenvalue weighted by molar-refractivity contribution is 8.03. The van der Waals surface area contributed by atoms with E-state index in [1.807, 2.05) is 18.2 Å². The lowest BCUT2D eigenvalue weighted by Crippen LogP contribution is -2.15. The van der Waals surface area contributed by atoms with Crippen molar-refractivity contribution in [3.8, 4) is 0 Å². The second-order valence-electron chi connectivity index (χ2n) is 5.82. The van der Waals surface area contributed by atoms with Gasteiger partial charge in [0.25, 0.3) is 5.69 Å². The number of nitro benzene ring substituents is 1. The molecule has 2 aromatic rings. The van der Waals surface area contributed by atoms with Crippen LogP contribution < -0.4 is 0 Å². The molecule has 0 saturated heterocycles. The monoisotopic (exact) mass is 313 g/mol. The number of thioether (sulfide) groups is 1. The van der Waals surface area contributed by atoms with E-state index in [1.54, 1.807) is 23.9 Å². The predicted octanol–water partition coefficient (Wildman–Crippen LogP) is 5.47. The summed E-state index contributed by atoms with van der Waals surface area (Å²) in [6.07, 6.45) is 0.909. The zero-order valence-electron chi connectivity index (χ0n) is 12.8. The molecule has 0 spiro atoms. The maximum atomic E-state index is 10.7. The van der Waals surface area contributed by atoms with Gasteiger partial charge < -0.3 is 0 Å². The SMILES string of the molecule is C=C(Sc1ccc([N+](=O)[O-])cc1)C(C)(C)Cc1ccccc1. The second-order valence-corrected chi connectivity index (χ2v) is 6.99. The quantitative estimate of drug-likeness (QED) is 0.403. The van der Waals surface area contributed by atoms with Crippen molar-refractivity contribution in [2.24, 2.45) is 5.41 Å². The normalized spacial score (nSPS) is 11.2. The van der Waals surface area contributed by atoms with Crippen LogP contribution in [-0.2, 0) is 6.42 Å². The van der Waals surface area contributed by atoms with Crippen molar-refractivity contribution in [3.05, 3.63) is 81.8 Å². The highest BCUT2D eigenvalue weighted by atomic mass is 32.2. The van der Waals surface area contributed by atoms with Crippen molar-refractivity contribution in [2.45, 2.75) is 25.2 Å². The Morgan fingerprint density at radius 1 is 1.14 bits per heavy atom. The van der Waals surface area contributed by atoms with Crippen LogP contribution in [0.1, 0.15) is 19.4 Å². The number of hydrogen-bond donors (Lipinski definition) is 0. The molecule has 0 amide bonds. The first-order valence-electron chi connectivity index (χ1n) is 7.04. The average molecular weight is 313 g/mol. The van der Waals surface area contributed by atoms with E-state index in [0.29, 0.717) is 0 Å². The smallest absolute Gasteiger partial charge is 0.258 e. The van der Waals surface area contributed by atoms with Crippen molar-refractivity contribution in [1.82, 2.24) is 0 Å². The number of nitrogens with zero attached hydrogens (tertiary/aromatic N) is 1. The Hall–Kier alpha value is -2.07. The maximum Gasteiger partial charge on any atom is 0.269 e. The highest BCUT2D eigenvalue weighted by Gasteiger charge is 2.23. The fourth-order valence-corrected chi connectivity index (χ4v) is 3.03. The summed E-state index contributed by atoms with van der Waals surface area (Å²) >= 11 is 1.57. The maximum absolute atomic E-state index is 10.7. The van der Waals surface area contributed by atoms with Crippen LogP contribution in [0.15, 0.2) is 71.0 Å². The summed E-state index contributed by atoms with van der Waals surface area (Å²) in [5.74, 6) is 0. The lowest BCUT2D eigenvalue weighted by Gasteiger charge is -2.27. The third-order valence-corrected chi connectivity index (χ3v) is 4.84. The van der Waals surface area contributed by atoms with Gasteiger partial charge >= 0.3 is 0 Å². The van der Waals surface area contributed by atoms with Gasteiger partial charge in [0.05, 0.1) is 4.92 Å². The van der Waals surface area contributed by atoms with Gasteiger partial charge in [-0.1, -0.05) is 62.5 Å². The highest BCUT2D eigenvalue weighted by Crippen LogP contribution is 2.40. The fraction of sp³-hybridized carbons (Fsp3) is 0.222. The van der Waals surface area contributed by atoms with Crippen molar-refractivity contribution in [1.29, 1.82) is 0 Å². The molecule has 0 aliphatic carbocycles. The zero-order chi connectivity index (χ0) is 16.2. The molecule has 4 heteroatoms. The van der Waals surface area contributed by atoms with Gasteiger partial charge in [-0.15, -0.1) is 0 Å². The summed E-state index contributed by atoms with van der Waals surface area (Å²) in [7, 11) is 0. The second kappa shape index (κ2) is 6.79. The number of nitro groups is 1. The first-order valence-corrected chi connectivity index (χ1v) is 7.86. The molecule has 0 radical (unpaired) electrons. The van der Waals surface area contributed by atoms with Crippen LogP contribution in [0.5, 0.6) is 0 Å². The predicted molar refractivity (Wildman–Crippen MR) is 92.0 cm³/mol. The van der Waals surface area contributed by atoms with E-state index in [2.05, 4.69) is 32.6 Å². The number of rotatable bonds is 6. The molecule has 2 rings (SSSR count). The lowest BCUT2D eigenvalue weighted by atomic mass is 9.86. The molecule has 0 aliphatic rings. The van der Waals surface area contributed by atoms with Crippen LogP contribution in [0.3, 0.4) is 0 Å². The topological polar surface area (TPSA) is 43.1 Å². The van der Waals surface area contributed by atoms with Gasteiger partial charge in [-0.25, -0.2) is 0 Å². The first kappa shape index (κ1) is 16.3. The molecular formula is C18H19NO2S. The van der Waals surface area contributed by atoms with Crippen LogP contribution in [0, 0.1) is 15.5 Å². The molecule has 0 aliphatic heterocycles. The Kier molecular flexibility index (Phi) is 5.03. The van der Waals surface area contributed by atoms with Crippen molar-refractivity contribution in [2.75, 3.05) is 0 Å². The minimum absolute atomic E-state index is 0.0617. The summed E-state index contributed by atoms with van der Waals surface area (Å²) in [5.41, 5.74) is 1.32. The van der Waals surface area contributed by atoms with E-state index >= 15 is 0 Å². The fourth-order valence-electron chi connectivity index (χ4n) is 2.12. The van der Waals surface area contributed by atoms with Crippen molar-refractivity contribution in [3.63, 3.8) is 0 Å². The van der Waals surface area contributed by atoms with Gasteiger partial charge in [-0.05, 0) is 34.4 Å². The average Bonchev–Trinajstić information content (AvgIpc) is 2.48. The molecule has 0 unspecified atom stereocenters. The third-order valence-electron chi connectivity index (χ3n) is 3.53. The Morgan fingerprint density at radius 2 is 1.73 bits per heavy atom. The van der Waals surface area contributed by atoms with Gasteiger partial charge in [-0.3, -0.25) is 10.1 Å². The summed E-state index contributed by atoms with van der Waals surface area (Å²) in [4.78, 5) is 12.3. The molecule has 114 valence electrons. The van der Waals surface area contributed by atoms with Crippen LogP contribution >= 0.6 is 11.8 Å². The van der Waals surface area contributed by atoms with Crippen LogP contribution in [0.25, 0.3) is 0 Å². The molecule has 0 aromatic heterocycles. The minimum atomic E-state index is -0.386. The Morgan fingerprint density at radius 3 is 2.27 bits per heavy atom. The van der Waals surface area contributed by atoms with Gasteiger partial charge in [0, 0.05) is 17.0 Å². The van der Waals surface area contributed by atoms with Gasteiger partial charge in [-0.2, -0.15) is 0 Å².